The molecule has 0 aliphatic carbocycles. The van der Waals surface area contributed by atoms with Gasteiger partial charge in [-0.1, -0.05) is 18.2 Å². The summed E-state index contributed by atoms with van der Waals surface area (Å²) in [4.78, 5) is 18.2. The number of pyridine rings is 1. The van der Waals surface area contributed by atoms with Crippen LogP contribution in [-0.4, -0.2) is 46.0 Å². The summed E-state index contributed by atoms with van der Waals surface area (Å²) >= 11 is 0. The summed E-state index contributed by atoms with van der Waals surface area (Å²) in [6.45, 7) is 5.10. The van der Waals surface area contributed by atoms with E-state index < -0.39 is 0 Å². The Morgan fingerprint density at radius 1 is 1.12 bits per heavy atom. The number of hydrogen-bond donors (Lipinski definition) is 0. The molecule has 0 amide bonds. The van der Waals surface area contributed by atoms with Crippen molar-refractivity contribution in [3.63, 3.8) is 0 Å². The van der Waals surface area contributed by atoms with Gasteiger partial charge >= 0.3 is 0 Å². The van der Waals surface area contributed by atoms with Crippen molar-refractivity contribution in [2.24, 2.45) is 0 Å². The lowest BCUT2D eigenvalue weighted by Gasteiger charge is -2.25. The number of anilines is 1. The molecule has 128 valence electrons. The van der Waals surface area contributed by atoms with Crippen molar-refractivity contribution in [3.8, 4) is 0 Å². The Labute approximate surface area is 148 Å². The number of likely N-dealkylation sites (tertiary alicyclic amines) is 1. The summed E-state index contributed by atoms with van der Waals surface area (Å²) < 4.78 is 0. The van der Waals surface area contributed by atoms with E-state index in [1.165, 1.54) is 10.9 Å². The van der Waals surface area contributed by atoms with Crippen LogP contribution in [-0.2, 0) is 6.54 Å². The minimum atomic E-state index is 0.454. The van der Waals surface area contributed by atoms with Crippen LogP contribution < -0.4 is 4.90 Å². The van der Waals surface area contributed by atoms with Gasteiger partial charge in [-0.3, -0.25) is 9.88 Å². The Morgan fingerprint density at radius 3 is 2.84 bits per heavy atom. The molecule has 1 atom stereocenters. The van der Waals surface area contributed by atoms with Crippen molar-refractivity contribution < 1.29 is 0 Å². The van der Waals surface area contributed by atoms with Crippen molar-refractivity contribution in [1.29, 1.82) is 0 Å². The van der Waals surface area contributed by atoms with Crippen molar-refractivity contribution in [2.45, 2.75) is 25.9 Å². The lowest BCUT2D eigenvalue weighted by molar-refractivity contribution is 0.327. The molecule has 0 spiro atoms. The van der Waals surface area contributed by atoms with Gasteiger partial charge in [-0.15, -0.1) is 0 Å². The van der Waals surface area contributed by atoms with E-state index in [1.54, 1.807) is 0 Å². The van der Waals surface area contributed by atoms with Crippen LogP contribution in [0.2, 0.25) is 0 Å². The molecule has 1 unspecified atom stereocenters. The summed E-state index contributed by atoms with van der Waals surface area (Å²) in [6, 6.07) is 12.9. The van der Waals surface area contributed by atoms with Gasteiger partial charge in [0, 0.05) is 56.2 Å². The van der Waals surface area contributed by atoms with Crippen LogP contribution >= 0.6 is 0 Å². The molecule has 0 N–H and O–H groups in total. The largest absolute Gasteiger partial charge is 0.340 e. The van der Waals surface area contributed by atoms with Crippen LogP contribution in [0.3, 0.4) is 0 Å². The molecule has 25 heavy (non-hydrogen) atoms. The molecule has 2 aromatic heterocycles. The Hall–Kier alpha value is -2.53. The summed E-state index contributed by atoms with van der Waals surface area (Å²) in [5.41, 5.74) is 3.43. The molecule has 0 bridgehead atoms. The monoisotopic (exact) mass is 333 g/mol. The third-order valence-electron chi connectivity index (χ3n) is 5.03. The van der Waals surface area contributed by atoms with Crippen LogP contribution in [0.5, 0.6) is 0 Å². The van der Waals surface area contributed by atoms with E-state index in [0.717, 1.165) is 43.2 Å². The number of aromatic nitrogens is 3. The van der Waals surface area contributed by atoms with Crippen molar-refractivity contribution in [2.75, 3.05) is 25.0 Å². The van der Waals surface area contributed by atoms with Gasteiger partial charge in [0.15, 0.2) is 0 Å². The van der Waals surface area contributed by atoms with Crippen LogP contribution in [0, 0.1) is 6.92 Å². The number of para-hydroxylation sites is 1. The SMILES string of the molecule is Cc1ccnc(N(C)C2CCN(Cc3ccnc4ccccc34)C2)n1. The Morgan fingerprint density at radius 2 is 1.96 bits per heavy atom. The zero-order valence-electron chi connectivity index (χ0n) is 14.8. The minimum Gasteiger partial charge on any atom is -0.340 e. The Bertz CT molecular complexity index is 873. The highest BCUT2D eigenvalue weighted by Gasteiger charge is 2.27. The fourth-order valence-electron chi connectivity index (χ4n) is 3.57. The summed E-state index contributed by atoms with van der Waals surface area (Å²) in [6.07, 6.45) is 4.89. The van der Waals surface area contributed by atoms with E-state index >= 15 is 0 Å². The van der Waals surface area contributed by atoms with Crippen LogP contribution in [0.25, 0.3) is 10.9 Å². The summed E-state index contributed by atoms with van der Waals surface area (Å²) in [5.74, 6) is 0.821. The van der Waals surface area contributed by atoms with Crippen molar-refractivity contribution >= 4 is 16.9 Å². The first-order valence-corrected chi connectivity index (χ1v) is 8.78. The summed E-state index contributed by atoms with van der Waals surface area (Å²) in [5, 5.41) is 1.25. The van der Waals surface area contributed by atoms with Gasteiger partial charge < -0.3 is 4.90 Å². The van der Waals surface area contributed by atoms with Gasteiger partial charge in [-0.05, 0) is 37.1 Å². The first-order valence-electron chi connectivity index (χ1n) is 8.78. The second kappa shape index (κ2) is 6.76. The van der Waals surface area contributed by atoms with Gasteiger partial charge in [-0.2, -0.15) is 0 Å². The molecule has 5 nitrogen and oxygen atoms in total. The third kappa shape index (κ3) is 3.33. The average molecular weight is 333 g/mol. The molecule has 0 radical (unpaired) electrons. The van der Waals surface area contributed by atoms with Crippen molar-refractivity contribution in [3.05, 3.63) is 60.0 Å². The second-order valence-electron chi connectivity index (χ2n) is 6.77. The van der Waals surface area contributed by atoms with Gasteiger partial charge in [0.25, 0.3) is 0 Å². The zero-order chi connectivity index (χ0) is 17.2. The fraction of sp³-hybridized carbons (Fsp3) is 0.350. The van der Waals surface area contributed by atoms with E-state index in [-0.39, 0.29) is 0 Å². The highest BCUT2D eigenvalue weighted by Crippen LogP contribution is 2.23. The third-order valence-corrected chi connectivity index (χ3v) is 5.03. The zero-order valence-corrected chi connectivity index (χ0v) is 14.8. The number of likely N-dealkylation sites (N-methyl/N-ethyl adjacent to an activating group) is 1. The Balaban J connectivity index is 1.47. The smallest absolute Gasteiger partial charge is 0.225 e. The van der Waals surface area contributed by atoms with E-state index in [2.05, 4.69) is 56.1 Å². The molecular formula is C20H23N5. The maximum atomic E-state index is 4.56. The highest BCUT2D eigenvalue weighted by molar-refractivity contribution is 5.81. The first-order chi connectivity index (χ1) is 12.2. The predicted octanol–water partition coefficient (Wildman–Crippen LogP) is 3.04. The molecule has 1 aromatic carbocycles. The van der Waals surface area contributed by atoms with Gasteiger partial charge in [0.05, 0.1) is 5.52 Å². The normalized spacial score (nSPS) is 17.9. The molecular weight excluding hydrogens is 310 g/mol. The molecule has 5 heteroatoms. The molecule has 1 fully saturated rings. The average Bonchev–Trinajstić information content (AvgIpc) is 3.10. The molecule has 1 aliphatic heterocycles. The second-order valence-corrected chi connectivity index (χ2v) is 6.77. The van der Waals surface area contributed by atoms with Crippen LogP contribution in [0.15, 0.2) is 48.8 Å². The Kier molecular flexibility index (Phi) is 4.32. The van der Waals surface area contributed by atoms with Crippen LogP contribution in [0.1, 0.15) is 17.7 Å². The predicted molar refractivity (Wildman–Crippen MR) is 101 cm³/mol. The van der Waals surface area contributed by atoms with Gasteiger partial charge in [-0.25, -0.2) is 9.97 Å². The highest BCUT2D eigenvalue weighted by atomic mass is 15.3. The van der Waals surface area contributed by atoms with Crippen LogP contribution in [0.4, 0.5) is 5.95 Å². The van der Waals surface area contributed by atoms with Gasteiger partial charge in [0.2, 0.25) is 5.95 Å². The molecule has 1 aliphatic rings. The number of hydrogen-bond acceptors (Lipinski definition) is 5. The number of rotatable bonds is 4. The van der Waals surface area contributed by atoms with Gasteiger partial charge in [0.1, 0.15) is 0 Å². The molecule has 4 rings (SSSR count). The van der Waals surface area contributed by atoms with Crippen molar-refractivity contribution in [1.82, 2.24) is 19.9 Å². The number of aryl methyl sites for hydroxylation is 1. The number of nitrogens with zero attached hydrogens (tertiary/aromatic N) is 5. The fourth-order valence-corrected chi connectivity index (χ4v) is 3.57. The number of fused-ring (bicyclic) bond motifs is 1. The van der Waals surface area contributed by atoms with E-state index in [4.69, 9.17) is 0 Å². The summed E-state index contributed by atoms with van der Waals surface area (Å²) in [7, 11) is 2.10. The minimum absolute atomic E-state index is 0.454. The standard InChI is InChI=1S/C20H23N5/c1-15-7-10-22-20(23-15)24(2)17-9-12-25(14-17)13-16-8-11-21-19-6-4-3-5-18(16)19/h3-8,10-11,17H,9,12-14H2,1-2H3. The maximum absolute atomic E-state index is 4.56. The van der Waals surface area contributed by atoms with E-state index in [1.807, 2.05) is 31.5 Å². The molecule has 1 saturated heterocycles. The van der Waals surface area contributed by atoms with E-state index in [9.17, 15) is 0 Å². The molecule has 3 aromatic rings. The maximum Gasteiger partial charge on any atom is 0.225 e. The molecule has 3 heterocycles. The van der Waals surface area contributed by atoms with E-state index in [0.29, 0.717) is 6.04 Å². The first kappa shape index (κ1) is 16.0. The number of benzene rings is 1. The lowest BCUT2D eigenvalue weighted by Crippen LogP contribution is -2.35. The molecule has 0 saturated carbocycles. The topological polar surface area (TPSA) is 45.2 Å². The lowest BCUT2D eigenvalue weighted by atomic mass is 10.1. The quantitative estimate of drug-likeness (QED) is 0.734.